The first-order valence-electron chi connectivity index (χ1n) is 29.3. The topological polar surface area (TPSA) is 25.8 Å². The molecule has 0 bridgehead atoms. The van der Waals surface area contributed by atoms with Crippen LogP contribution < -0.4 is 0 Å². The minimum atomic E-state index is 0.990. The number of rotatable bonds is 9. The van der Waals surface area contributed by atoms with E-state index < -0.39 is 0 Å². The van der Waals surface area contributed by atoms with Gasteiger partial charge in [0.1, 0.15) is 10.0 Å². The monoisotopic (exact) mass is 1130 g/mol. The molecule has 0 saturated heterocycles. The summed E-state index contributed by atoms with van der Waals surface area (Å²) in [6.45, 7) is 0. The predicted octanol–water partition coefficient (Wildman–Crippen LogP) is 23.7. The smallest absolute Gasteiger partial charge is 0.124 e. The van der Waals surface area contributed by atoms with Gasteiger partial charge in [-0.05, 0) is 162 Å². The number of para-hydroxylation sites is 1. The highest BCUT2D eigenvalue weighted by atomic mass is 32.1. The van der Waals surface area contributed by atoms with Crippen LogP contribution in [0.2, 0.25) is 0 Å². The standard InChI is InChI=1S/C82H50N2S2/c1-5-21-51(22-6-1)75-65-33-17-18-34-66(65)76(52-23-7-2-8-24-52)80-78(54-27-11-4-12-28-54)68-49-59(45-47-67(68)77(79(75)80)53-25-9-3-10-26-53)60-46-48-72-70(50-60)84-82(86-72)58-43-39-56(40-44-58)74-63-31-15-13-29-61(63)73(62-30-14-16-32-64(62)74)55-37-41-57(42-38-55)81-83-69-35-19-20-36-71(69)85-81/h1-50H. The molecule has 0 aliphatic heterocycles. The summed E-state index contributed by atoms with van der Waals surface area (Å²) in [7, 11) is 0. The fourth-order valence-electron chi connectivity index (χ4n) is 13.5. The van der Waals surface area contributed by atoms with E-state index in [1.807, 2.05) is 0 Å². The zero-order valence-corrected chi connectivity index (χ0v) is 48.2. The molecule has 17 rings (SSSR count). The zero-order chi connectivity index (χ0) is 56.7. The molecule has 0 aliphatic carbocycles. The molecule has 0 saturated carbocycles. The van der Waals surface area contributed by atoms with E-state index in [9.17, 15) is 0 Å². The highest BCUT2D eigenvalue weighted by molar-refractivity contribution is 7.22. The van der Waals surface area contributed by atoms with Gasteiger partial charge in [0.15, 0.2) is 0 Å². The second kappa shape index (κ2) is 20.6. The van der Waals surface area contributed by atoms with Crippen molar-refractivity contribution in [2.75, 3.05) is 0 Å². The van der Waals surface area contributed by atoms with Gasteiger partial charge >= 0.3 is 0 Å². The second-order valence-corrected chi connectivity index (χ2v) is 24.3. The van der Waals surface area contributed by atoms with Crippen LogP contribution in [0, 0.1) is 0 Å². The number of hydrogen-bond donors (Lipinski definition) is 0. The van der Waals surface area contributed by atoms with Crippen molar-refractivity contribution in [1.29, 1.82) is 0 Å². The molecule has 0 radical (unpaired) electrons. The molecule has 0 amide bonds. The molecule has 0 aliphatic rings. The Morgan fingerprint density at radius 3 is 0.907 bits per heavy atom. The zero-order valence-electron chi connectivity index (χ0n) is 46.6. The third-order valence-electron chi connectivity index (χ3n) is 17.3. The van der Waals surface area contributed by atoms with Crippen LogP contribution in [0.4, 0.5) is 0 Å². The summed E-state index contributed by atoms with van der Waals surface area (Å²) in [5.74, 6) is 0. The molecule has 2 heterocycles. The summed E-state index contributed by atoms with van der Waals surface area (Å²) in [4.78, 5) is 10.4. The van der Waals surface area contributed by atoms with Crippen LogP contribution >= 0.6 is 22.7 Å². The molecule has 15 aromatic carbocycles. The number of benzene rings is 15. The van der Waals surface area contributed by atoms with E-state index in [4.69, 9.17) is 9.97 Å². The first-order chi connectivity index (χ1) is 42.7. The minimum Gasteiger partial charge on any atom is -0.236 e. The van der Waals surface area contributed by atoms with Crippen molar-refractivity contribution in [2.45, 2.75) is 0 Å². The van der Waals surface area contributed by atoms with Crippen LogP contribution in [0.1, 0.15) is 0 Å². The number of nitrogens with zero attached hydrogens (tertiary/aromatic N) is 2. The first-order valence-corrected chi connectivity index (χ1v) is 30.9. The Morgan fingerprint density at radius 2 is 0.477 bits per heavy atom. The van der Waals surface area contributed by atoms with Crippen molar-refractivity contribution in [3.63, 3.8) is 0 Å². The van der Waals surface area contributed by atoms with E-state index in [1.165, 1.54) is 125 Å². The van der Waals surface area contributed by atoms with Gasteiger partial charge in [0.25, 0.3) is 0 Å². The van der Waals surface area contributed by atoms with Gasteiger partial charge in [0.05, 0.1) is 20.4 Å². The minimum absolute atomic E-state index is 0.990. The average Bonchev–Trinajstić information content (AvgIpc) is 1.10. The molecular formula is C82H50N2S2. The van der Waals surface area contributed by atoms with Crippen molar-refractivity contribution in [3.05, 3.63) is 303 Å². The summed E-state index contributed by atoms with van der Waals surface area (Å²) in [6.07, 6.45) is 0. The van der Waals surface area contributed by atoms with Crippen molar-refractivity contribution < 1.29 is 0 Å². The van der Waals surface area contributed by atoms with Gasteiger partial charge < -0.3 is 0 Å². The largest absolute Gasteiger partial charge is 0.236 e. The molecule has 0 fully saturated rings. The highest BCUT2D eigenvalue weighted by Gasteiger charge is 2.27. The molecule has 86 heavy (non-hydrogen) atoms. The summed E-state index contributed by atoms with van der Waals surface area (Å²) < 4.78 is 2.36. The average molecular weight is 1130 g/mol. The van der Waals surface area contributed by atoms with Gasteiger partial charge in [-0.3, -0.25) is 0 Å². The SMILES string of the molecule is c1ccc(-c2c3ccccc3c(-c3ccccc3)c3c(-c4ccccc4)c4cc(-c5ccc6sc(-c7ccc(-c8c9ccccc9c(-c9ccc(-c%10nc%11ccccc%11s%10)cc9)c9ccccc89)cc7)nc6c5)ccc4c(-c4ccccc4)c23)cc1. The van der Waals surface area contributed by atoms with E-state index in [0.29, 0.717) is 0 Å². The summed E-state index contributed by atoms with van der Waals surface area (Å²) >= 11 is 3.49. The van der Waals surface area contributed by atoms with Gasteiger partial charge in [-0.25, -0.2) is 9.97 Å². The molecule has 0 spiro atoms. The van der Waals surface area contributed by atoms with Gasteiger partial charge in [-0.2, -0.15) is 0 Å². The van der Waals surface area contributed by atoms with Crippen molar-refractivity contribution >= 4 is 97.0 Å². The Morgan fingerprint density at radius 1 is 0.186 bits per heavy atom. The van der Waals surface area contributed by atoms with E-state index in [2.05, 4.69) is 303 Å². The molecule has 0 N–H and O–H groups in total. The Balaban J connectivity index is 0.793. The van der Waals surface area contributed by atoms with Crippen LogP contribution in [-0.4, -0.2) is 9.97 Å². The third-order valence-corrected chi connectivity index (χ3v) is 19.5. The Labute approximate surface area is 505 Å². The van der Waals surface area contributed by atoms with Crippen LogP contribution in [0.5, 0.6) is 0 Å². The maximum absolute atomic E-state index is 5.40. The molecule has 2 aromatic heterocycles. The second-order valence-electron chi connectivity index (χ2n) is 22.2. The van der Waals surface area contributed by atoms with Gasteiger partial charge in [0.2, 0.25) is 0 Å². The lowest BCUT2D eigenvalue weighted by molar-refractivity contribution is 1.47. The fourth-order valence-corrected chi connectivity index (χ4v) is 15.4. The lowest BCUT2D eigenvalue weighted by Crippen LogP contribution is -1.98. The summed E-state index contributed by atoms with van der Waals surface area (Å²) in [5, 5.41) is 14.3. The third kappa shape index (κ3) is 8.29. The lowest BCUT2D eigenvalue weighted by atomic mass is 9.77. The molecule has 0 unspecified atom stereocenters. The summed E-state index contributed by atoms with van der Waals surface area (Å²) in [5.41, 5.74) is 21.1. The maximum atomic E-state index is 5.40. The van der Waals surface area contributed by atoms with E-state index in [1.54, 1.807) is 22.7 Å². The molecule has 2 nitrogen and oxygen atoms in total. The number of fused-ring (bicyclic) bond motifs is 7. The van der Waals surface area contributed by atoms with Gasteiger partial charge in [-0.1, -0.05) is 273 Å². The highest BCUT2D eigenvalue weighted by Crippen LogP contribution is 2.54. The fraction of sp³-hybridized carbons (Fsp3) is 0. The van der Waals surface area contributed by atoms with Crippen molar-refractivity contribution in [1.82, 2.24) is 9.97 Å². The molecule has 17 aromatic rings. The number of aromatic nitrogens is 2. The van der Waals surface area contributed by atoms with E-state index in [0.717, 1.165) is 48.0 Å². The first kappa shape index (κ1) is 49.9. The number of thiazole rings is 2. The van der Waals surface area contributed by atoms with Gasteiger partial charge in [0, 0.05) is 11.1 Å². The molecule has 400 valence electrons. The van der Waals surface area contributed by atoms with Gasteiger partial charge in [-0.15, -0.1) is 22.7 Å². The quantitative estimate of drug-likeness (QED) is 0.135. The maximum Gasteiger partial charge on any atom is 0.124 e. The van der Waals surface area contributed by atoms with Crippen molar-refractivity contribution in [2.24, 2.45) is 0 Å². The van der Waals surface area contributed by atoms with Crippen LogP contribution in [-0.2, 0) is 0 Å². The number of hydrogen-bond acceptors (Lipinski definition) is 4. The predicted molar refractivity (Wildman–Crippen MR) is 369 cm³/mol. The van der Waals surface area contributed by atoms with Crippen molar-refractivity contribution in [3.8, 4) is 99.0 Å². The molecule has 0 atom stereocenters. The molecular weight excluding hydrogens is 1080 g/mol. The Hall–Kier alpha value is -10.6. The Kier molecular flexibility index (Phi) is 12.0. The summed E-state index contributed by atoms with van der Waals surface area (Å²) in [6, 6.07) is 111. The lowest BCUT2D eigenvalue weighted by Gasteiger charge is -2.25. The van der Waals surface area contributed by atoms with Crippen LogP contribution in [0.15, 0.2) is 303 Å². The molecule has 4 heteroatoms. The van der Waals surface area contributed by atoms with Crippen LogP contribution in [0.25, 0.3) is 173 Å². The van der Waals surface area contributed by atoms with E-state index >= 15 is 0 Å². The van der Waals surface area contributed by atoms with Crippen LogP contribution in [0.3, 0.4) is 0 Å². The normalized spacial score (nSPS) is 11.7. The van der Waals surface area contributed by atoms with E-state index in [-0.39, 0.29) is 0 Å². The Bertz CT molecular complexity index is 5390.